The Labute approximate surface area is 97.3 Å². The van der Waals surface area contributed by atoms with Crippen LogP contribution in [0, 0.1) is 0 Å². The third kappa shape index (κ3) is 2.49. The Bertz CT molecular complexity index is 419. The molecule has 0 fully saturated rings. The van der Waals surface area contributed by atoms with E-state index in [9.17, 15) is 5.21 Å². The molecule has 0 aromatic rings. The molecule has 10 nitrogen and oxygen atoms in total. The van der Waals surface area contributed by atoms with Crippen molar-refractivity contribution < 1.29 is 5.21 Å². The van der Waals surface area contributed by atoms with Gasteiger partial charge in [-0.25, -0.2) is 10.4 Å². The van der Waals surface area contributed by atoms with Gasteiger partial charge in [0.15, 0.2) is 0 Å². The van der Waals surface area contributed by atoms with Gasteiger partial charge in [0.05, 0.1) is 11.4 Å². The molecular formula is C7H15N9O. The van der Waals surface area contributed by atoms with E-state index in [1.54, 1.807) is 13.8 Å². The maximum atomic E-state index is 9.25. The van der Waals surface area contributed by atoms with Gasteiger partial charge in [-0.05, 0) is 13.8 Å². The summed E-state index contributed by atoms with van der Waals surface area (Å²) in [7, 11) is 0. The second kappa shape index (κ2) is 4.76. The number of hydroxylamine groups is 1. The lowest BCUT2D eigenvalue weighted by molar-refractivity contribution is 0.130. The highest BCUT2D eigenvalue weighted by Gasteiger charge is 2.39. The Balaban J connectivity index is 3.20. The first-order valence-corrected chi connectivity index (χ1v) is 4.63. The van der Waals surface area contributed by atoms with Crippen molar-refractivity contribution in [3.63, 3.8) is 0 Å². The number of hydrogen-bond donors (Lipinski definition) is 6. The first-order valence-electron chi connectivity index (χ1n) is 4.63. The Hall–Kier alpha value is -2.20. The fourth-order valence-electron chi connectivity index (χ4n) is 1.24. The number of hydrogen-bond acceptors (Lipinski definition) is 8. The minimum atomic E-state index is -1.37. The van der Waals surface area contributed by atoms with Crippen LogP contribution in [0.3, 0.4) is 0 Å². The molecule has 0 saturated heterocycles. The molecule has 1 rings (SSSR count). The smallest absolute Gasteiger partial charge is 0.216 e. The molecule has 0 radical (unpaired) electrons. The van der Waals surface area contributed by atoms with E-state index < -0.39 is 5.66 Å². The third-order valence-electron chi connectivity index (χ3n) is 2.15. The highest BCUT2D eigenvalue weighted by Crippen LogP contribution is 2.15. The van der Waals surface area contributed by atoms with Crippen LogP contribution in [0.1, 0.15) is 13.8 Å². The zero-order chi connectivity index (χ0) is 13.1. The van der Waals surface area contributed by atoms with Crippen molar-refractivity contribution in [1.82, 2.24) is 10.9 Å². The van der Waals surface area contributed by atoms with Crippen LogP contribution in [0.15, 0.2) is 20.3 Å². The standard InChI is InChI=1S/C7H15N9O/c1-3(12-14-5(8)9)7(16-17)4(2)13-15-6(10)11-7/h16-17H,1-2H3,(H4,8,9,14)(H3,10,11,15)/b12-3+. The molecule has 0 bridgehead atoms. The average Bonchev–Trinajstić information content (AvgIpc) is 2.29. The molecule has 1 unspecified atom stereocenters. The van der Waals surface area contributed by atoms with E-state index in [-0.39, 0.29) is 17.6 Å². The zero-order valence-corrected chi connectivity index (χ0v) is 9.47. The van der Waals surface area contributed by atoms with E-state index in [0.717, 1.165) is 0 Å². The van der Waals surface area contributed by atoms with Gasteiger partial charge in [0.1, 0.15) is 0 Å². The molecule has 0 spiro atoms. The Morgan fingerprint density at radius 2 is 2.12 bits per heavy atom. The van der Waals surface area contributed by atoms with Crippen molar-refractivity contribution in [2.75, 3.05) is 0 Å². The van der Waals surface area contributed by atoms with Crippen LogP contribution >= 0.6 is 0 Å². The van der Waals surface area contributed by atoms with Crippen molar-refractivity contribution in [1.29, 1.82) is 0 Å². The number of nitrogens with two attached hydrogens (primary N) is 3. The van der Waals surface area contributed by atoms with E-state index >= 15 is 0 Å². The quantitative estimate of drug-likeness (QED) is 0.182. The molecule has 10 heteroatoms. The van der Waals surface area contributed by atoms with E-state index in [1.165, 1.54) is 0 Å². The second-order valence-electron chi connectivity index (χ2n) is 3.34. The highest BCUT2D eigenvalue weighted by atomic mass is 16.5. The molecule has 0 aliphatic carbocycles. The molecule has 94 valence electrons. The van der Waals surface area contributed by atoms with Gasteiger partial charge in [0.25, 0.3) is 0 Å². The summed E-state index contributed by atoms with van der Waals surface area (Å²) in [6.45, 7) is 3.19. The van der Waals surface area contributed by atoms with Gasteiger partial charge in [-0.2, -0.15) is 15.7 Å². The number of aliphatic imine (C=N–C) groups is 1. The molecule has 9 N–H and O–H groups in total. The van der Waals surface area contributed by atoms with Crippen LogP contribution in [0.2, 0.25) is 0 Å². The SMILES string of the molecule is CC1=NNC(N)=NC1(NO)/C(C)=N/N=C(N)N. The molecule has 0 amide bonds. The van der Waals surface area contributed by atoms with Gasteiger partial charge >= 0.3 is 0 Å². The van der Waals surface area contributed by atoms with Crippen LogP contribution in [-0.4, -0.2) is 34.2 Å². The predicted octanol–water partition coefficient (Wildman–Crippen LogP) is -2.40. The number of hydrazone groups is 1. The van der Waals surface area contributed by atoms with Gasteiger partial charge in [-0.1, -0.05) is 0 Å². The molecular weight excluding hydrogens is 226 g/mol. The van der Waals surface area contributed by atoms with Gasteiger partial charge in [-0.3, -0.25) is 0 Å². The van der Waals surface area contributed by atoms with E-state index in [4.69, 9.17) is 17.2 Å². The highest BCUT2D eigenvalue weighted by molar-refractivity contribution is 6.16. The lowest BCUT2D eigenvalue weighted by Crippen LogP contribution is -2.58. The second-order valence-corrected chi connectivity index (χ2v) is 3.34. The van der Waals surface area contributed by atoms with Crippen molar-refractivity contribution in [3.05, 3.63) is 0 Å². The summed E-state index contributed by atoms with van der Waals surface area (Å²) in [5, 5.41) is 20.3. The van der Waals surface area contributed by atoms with Crippen molar-refractivity contribution in [3.8, 4) is 0 Å². The molecule has 1 aliphatic rings. The first kappa shape index (κ1) is 12.9. The fourth-order valence-corrected chi connectivity index (χ4v) is 1.24. The largest absolute Gasteiger partial charge is 0.369 e. The summed E-state index contributed by atoms with van der Waals surface area (Å²) in [5.41, 5.74) is 19.6. The maximum absolute atomic E-state index is 9.25. The summed E-state index contributed by atoms with van der Waals surface area (Å²) in [6.07, 6.45) is 0. The topological polar surface area (TPSA) is 172 Å². The van der Waals surface area contributed by atoms with E-state index in [1.807, 2.05) is 5.48 Å². The summed E-state index contributed by atoms with van der Waals surface area (Å²) >= 11 is 0. The Morgan fingerprint density at radius 1 is 1.47 bits per heavy atom. The minimum absolute atomic E-state index is 0.0244. The molecule has 0 saturated carbocycles. The lowest BCUT2D eigenvalue weighted by Gasteiger charge is -2.30. The van der Waals surface area contributed by atoms with Crippen LogP contribution in [-0.2, 0) is 0 Å². The van der Waals surface area contributed by atoms with Gasteiger partial charge < -0.3 is 22.4 Å². The lowest BCUT2D eigenvalue weighted by atomic mass is 10.0. The molecule has 1 atom stereocenters. The van der Waals surface area contributed by atoms with Crippen LogP contribution < -0.4 is 28.1 Å². The number of rotatable bonds is 3. The zero-order valence-electron chi connectivity index (χ0n) is 9.47. The molecule has 0 aromatic heterocycles. The van der Waals surface area contributed by atoms with Crippen LogP contribution in [0.25, 0.3) is 0 Å². The third-order valence-corrected chi connectivity index (χ3v) is 2.15. The summed E-state index contributed by atoms with van der Waals surface area (Å²) < 4.78 is 0. The van der Waals surface area contributed by atoms with Gasteiger partial charge in [-0.15, -0.1) is 5.10 Å². The van der Waals surface area contributed by atoms with Gasteiger partial charge in [0, 0.05) is 0 Å². The number of guanidine groups is 2. The van der Waals surface area contributed by atoms with Crippen molar-refractivity contribution in [2.45, 2.75) is 19.5 Å². The molecule has 0 aromatic carbocycles. The average molecular weight is 241 g/mol. The Morgan fingerprint density at radius 3 is 2.65 bits per heavy atom. The summed E-state index contributed by atoms with van der Waals surface area (Å²) in [5.74, 6) is -0.186. The fraction of sp³-hybridized carbons (Fsp3) is 0.429. The molecule has 1 aliphatic heterocycles. The maximum Gasteiger partial charge on any atom is 0.216 e. The summed E-state index contributed by atoms with van der Waals surface area (Å²) in [4.78, 5) is 4.00. The first-order chi connectivity index (χ1) is 7.92. The molecule has 1 heterocycles. The van der Waals surface area contributed by atoms with Crippen LogP contribution in [0.4, 0.5) is 0 Å². The van der Waals surface area contributed by atoms with Crippen LogP contribution in [0.5, 0.6) is 0 Å². The molecule has 17 heavy (non-hydrogen) atoms. The minimum Gasteiger partial charge on any atom is -0.369 e. The number of nitrogens with one attached hydrogen (secondary N) is 2. The number of nitrogens with zero attached hydrogens (tertiary/aromatic N) is 4. The van der Waals surface area contributed by atoms with E-state index in [0.29, 0.717) is 5.71 Å². The van der Waals surface area contributed by atoms with E-state index in [2.05, 4.69) is 25.7 Å². The van der Waals surface area contributed by atoms with Crippen molar-refractivity contribution >= 4 is 23.3 Å². The monoisotopic (exact) mass is 241 g/mol. The Kier molecular flexibility index (Phi) is 3.60. The normalized spacial score (nSPS) is 24.5. The van der Waals surface area contributed by atoms with Crippen molar-refractivity contribution in [2.24, 2.45) is 37.5 Å². The predicted molar refractivity (Wildman–Crippen MR) is 64.4 cm³/mol. The summed E-state index contributed by atoms with van der Waals surface area (Å²) in [6, 6.07) is 0. The van der Waals surface area contributed by atoms with Gasteiger partial charge in [0.2, 0.25) is 17.6 Å².